The molecule has 190 valence electrons. The first-order chi connectivity index (χ1) is 17.2. The van der Waals surface area contributed by atoms with E-state index in [0.29, 0.717) is 23.3 Å². The fraction of sp³-hybridized carbons (Fsp3) is 0.586. The van der Waals surface area contributed by atoms with Crippen molar-refractivity contribution in [3.05, 3.63) is 47.0 Å². The summed E-state index contributed by atoms with van der Waals surface area (Å²) in [5.74, 6) is 3.31. The molecule has 0 radical (unpaired) electrons. The van der Waals surface area contributed by atoms with E-state index in [0.717, 1.165) is 38.4 Å². The van der Waals surface area contributed by atoms with Crippen LogP contribution in [0.1, 0.15) is 67.2 Å². The maximum Gasteiger partial charge on any atom is 0.203 e. The van der Waals surface area contributed by atoms with Gasteiger partial charge < -0.3 is 23.8 Å². The van der Waals surface area contributed by atoms with Crippen LogP contribution < -0.4 is 18.9 Å². The number of piperidine rings is 1. The van der Waals surface area contributed by atoms with Crippen LogP contribution in [0, 0.1) is 0 Å². The first kappa shape index (κ1) is 24.3. The molecule has 2 aromatic rings. The fourth-order valence-corrected chi connectivity index (χ4v) is 6.23. The minimum absolute atomic E-state index is 0.251. The Morgan fingerprint density at radius 3 is 2.31 bits per heavy atom. The lowest BCUT2D eigenvalue weighted by molar-refractivity contribution is 0.204. The quantitative estimate of drug-likeness (QED) is 0.457. The van der Waals surface area contributed by atoms with Gasteiger partial charge in [0.25, 0.3) is 0 Å². The summed E-state index contributed by atoms with van der Waals surface area (Å²) >= 11 is 0. The van der Waals surface area contributed by atoms with Crippen LogP contribution in [0.25, 0.3) is 0 Å². The average Bonchev–Trinajstić information content (AvgIpc) is 3.39. The van der Waals surface area contributed by atoms with Crippen LogP contribution in [0.15, 0.2) is 30.3 Å². The Hall–Kier alpha value is -2.44. The second-order valence-corrected chi connectivity index (χ2v) is 10.1. The Bertz CT molecular complexity index is 979. The first-order valence-electron chi connectivity index (χ1n) is 13.2. The minimum Gasteiger partial charge on any atom is -0.494 e. The summed E-state index contributed by atoms with van der Waals surface area (Å²) in [7, 11) is 5.02. The third-order valence-corrected chi connectivity index (χ3v) is 8.00. The molecule has 6 nitrogen and oxygen atoms in total. The fourth-order valence-electron chi connectivity index (χ4n) is 6.23. The van der Waals surface area contributed by atoms with Gasteiger partial charge in [0.05, 0.1) is 27.9 Å². The van der Waals surface area contributed by atoms with Gasteiger partial charge in [-0.15, -0.1) is 0 Å². The summed E-state index contributed by atoms with van der Waals surface area (Å²) in [6, 6.07) is 11.5. The van der Waals surface area contributed by atoms with E-state index >= 15 is 0 Å². The second kappa shape index (κ2) is 11.1. The zero-order valence-corrected chi connectivity index (χ0v) is 21.6. The molecule has 0 saturated carbocycles. The molecule has 0 aromatic heterocycles. The van der Waals surface area contributed by atoms with E-state index in [1.807, 2.05) is 0 Å². The number of methoxy groups -OCH3 is 3. The van der Waals surface area contributed by atoms with Crippen molar-refractivity contribution < 1.29 is 18.9 Å². The van der Waals surface area contributed by atoms with Crippen LogP contribution in [0.4, 0.5) is 0 Å². The van der Waals surface area contributed by atoms with Gasteiger partial charge in [-0.25, -0.2) is 0 Å². The van der Waals surface area contributed by atoms with E-state index in [1.165, 1.54) is 61.9 Å². The molecule has 2 saturated heterocycles. The zero-order valence-electron chi connectivity index (χ0n) is 21.6. The number of nitrogens with zero attached hydrogens (tertiary/aromatic N) is 2. The summed E-state index contributed by atoms with van der Waals surface area (Å²) in [5.41, 5.74) is 4.01. The van der Waals surface area contributed by atoms with Gasteiger partial charge >= 0.3 is 0 Å². The van der Waals surface area contributed by atoms with Crippen molar-refractivity contribution in [2.24, 2.45) is 0 Å². The van der Waals surface area contributed by atoms with E-state index in [1.54, 1.807) is 21.3 Å². The maximum atomic E-state index is 6.25. The normalized spacial score (nSPS) is 22.4. The molecule has 6 heteroatoms. The van der Waals surface area contributed by atoms with E-state index in [2.05, 4.69) is 40.1 Å². The van der Waals surface area contributed by atoms with Crippen molar-refractivity contribution in [1.82, 2.24) is 9.80 Å². The Kier molecular flexibility index (Phi) is 7.69. The van der Waals surface area contributed by atoms with Crippen LogP contribution in [0.5, 0.6) is 23.0 Å². The van der Waals surface area contributed by atoms with Gasteiger partial charge in [-0.3, -0.25) is 4.90 Å². The Labute approximate surface area is 210 Å². The summed E-state index contributed by atoms with van der Waals surface area (Å²) in [6.45, 7) is 6.57. The molecule has 35 heavy (non-hydrogen) atoms. The highest BCUT2D eigenvalue weighted by Crippen LogP contribution is 2.48. The van der Waals surface area contributed by atoms with Gasteiger partial charge in [-0.1, -0.05) is 12.5 Å². The number of hydrogen-bond acceptors (Lipinski definition) is 6. The van der Waals surface area contributed by atoms with Crippen molar-refractivity contribution in [2.75, 3.05) is 60.7 Å². The van der Waals surface area contributed by atoms with Crippen LogP contribution in [-0.4, -0.2) is 70.5 Å². The molecule has 3 heterocycles. The summed E-state index contributed by atoms with van der Waals surface area (Å²) in [5, 5.41) is 0. The number of fused-ring (bicyclic) bond motifs is 3. The Morgan fingerprint density at radius 2 is 1.60 bits per heavy atom. The van der Waals surface area contributed by atoms with Crippen LogP contribution in [0.3, 0.4) is 0 Å². The predicted molar refractivity (Wildman–Crippen MR) is 138 cm³/mol. The molecule has 0 amide bonds. The largest absolute Gasteiger partial charge is 0.494 e. The van der Waals surface area contributed by atoms with Crippen LogP contribution in [-0.2, 0) is 0 Å². The van der Waals surface area contributed by atoms with Crippen LogP contribution >= 0.6 is 0 Å². The molecule has 0 bridgehead atoms. The molecular weight excluding hydrogens is 440 g/mol. The lowest BCUT2D eigenvalue weighted by Gasteiger charge is -2.38. The highest BCUT2D eigenvalue weighted by molar-refractivity contribution is 5.57. The third kappa shape index (κ3) is 5.10. The van der Waals surface area contributed by atoms with Crippen LogP contribution in [0.2, 0.25) is 0 Å². The average molecular weight is 481 g/mol. The molecule has 3 aliphatic rings. The van der Waals surface area contributed by atoms with Crippen molar-refractivity contribution in [3.8, 4) is 23.0 Å². The number of benzene rings is 2. The SMILES string of the molecule is COc1cc([C@@H]2CN3CCC[C@H]3c3cc(OCCCN4CCCCC4)ccc32)cc(OC)c1OC. The number of likely N-dealkylation sites (tertiary alicyclic amines) is 1. The molecule has 0 unspecified atom stereocenters. The highest BCUT2D eigenvalue weighted by Gasteiger charge is 2.37. The molecule has 2 aromatic carbocycles. The van der Waals surface area contributed by atoms with E-state index in [-0.39, 0.29) is 5.92 Å². The molecule has 5 rings (SSSR count). The maximum absolute atomic E-state index is 6.25. The first-order valence-corrected chi connectivity index (χ1v) is 13.2. The monoisotopic (exact) mass is 480 g/mol. The smallest absolute Gasteiger partial charge is 0.203 e. The summed E-state index contributed by atoms with van der Waals surface area (Å²) < 4.78 is 23.1. The molecule has 2 atom stereocenters. The number of rotatable bonds is 9. The van der Waals surface area contributed by atoms with Gasteiger partial charge in [-0.05, 0) is 92.7 Å². The predicted octanol–water partition coefficient (Wildman–Crippen LogP) is 5.25. The highest BCUT2D eigenvalue weighted by atomic mass is 16.5. The van der Waals surface area contributed by atoms with Crippen molar-refractivity contribution in [3.63, 3.8) is 0 Å². The third-order valence-electron chi connectivity index (χ3n) is 8.00. The molecule has 3 aliphatic heterocycles. The zero-order chi connectivity index (χ0) is 24.2. The van der Waals surface area contributed by atoms with Gasteiger partial charge in [0, 0.05) is 25.0 Å². The van der Waals surface area contributed by atoms with Gasteiger partial charge in [0.2, 0.25) is 5.75 Å². The van der Waals surface area contributed by atoms with Gasteiger partial charge in [-0.2, -0.15) is 0 Å². The van der Waals surface area contributed by atoms with E-state index in [4.69, 9.17) is 18.9 Å². The molecule has 0 spiro atoms. The Morgan fingerprint density at radius 1 is 0.829 bits per heavy atom. The molecular formula is C29H40N2O4. The number of ether oxygens (including phenoxy) is 4. The standard InChI is InChI=1S/C29H40N2O4/c1-32-27-17-21(18-28(33-2)29(27)34-3)25-20-31-15-7-9-26(31)24-19-22(10-11-23(24)25)35-16-8-14-30-12-5-4-6-13-30/h10-11,17-19,25-26H,4-9,12-16,20H2,1-3H3/t25-,26-/m0/s1. The molecule has 0 N–H and O–H groups in total. The van der Waals surface area contributed by atoms with Crippen molar-refractivity contribution >= 4 is 0 Å². The topological polar surface area (TPSA) is 43.4 Å². The number of hydrogen-bond donors (Lipinski definition) is 0. The van der Waals surface area contributed by atoms with Gasteiger partial charge in [0.1, 0.15) is 5.75 Å². The van der Waals surface area contributed by atoms with E-state index < -0.39 is 0 Å². The Balaban J connectivity index is 1.37. The lowest BCUT2D eigenvalue weighted by Crippen LogP contribution is -2.34. The molecule has 2 fully saturated rings. The second-order valence-electron chi connectivity index (χ2n) is 10.1. The summed E-state index contributed by atoms with van der Waals surface area (Å²) in [4.78, 5) is 5.22. The van der Waals surface area contributed by atoms with E-state index in [9.17, 15) is 0 Å². The van der Waals surface area contributed by atoms with Crippen molar-refractivity contribution in [2.45, 2.75) is 50.5 Å². The minimum atomic E-state index is 0.251. The summed E-state index contributed by atoms with van der Waals surface area (Å²) in [6.07, 6.45) is 7.62. The van der Waals surface area contributed by atoms with Gasteiger partial charge in [0.15, 0.2) is 11.5 Å². The van der Waals surface area contributed by atoms with Crippen molar-refractivity contribution in [1.29, 1.82) is 0 Å². The molecule has 0 aliphatic carbocycles. The lowest BCUT2D eigenvalue weighted by atomic mass is 9.81.